The third-order valence-corrected chi connectivity index (χ3v) is 1.94. The fourth-order valence-corrected chi connectivity index (χ4v) is 1.34. The Morgan fingerprint density at radius 1 is 1.50 bits per heavy atom. The van der Waals surface area contributed by atoms with Crippen molar-refractivity contribution in [2.75, 3.05) is 6.61 Å². The summed E-state index contributed by atoms with van der Waals surface area (Å²) in [7, 11) is 0. The van der Waals surface area contributed by atoms with Crippen LogP contribution in [0, 0.1) is 0 Å². The second kappa shape index (κ2) is 3.10. The average molecular weight is 170 g/mol. The molecule has 1 fully saturated rings. The summed E-state index contributed by atoms with van der Waals surface area (Å²) in [6, 6.07) is 0. The molecule has 2 heterocycles. The molecule has 0 radical (unpaired) electrons. The second-order valence-electron chi connectivity index (χ2n) is 2.84. The lowest BCUT2D eigenvalue weighted by Gasteiger charge is -2.19. The fourth-order valence-electron chi connectivity index (χ4n) is 1.34. The molecule has 0 aliphatic carbocycles. The van der Waals surface area contributed by atoms with Crippen molar-refractivity contribution in [2.24, 2.45) is 0 Å². The standard InChI is InChI=1S/C7H10N2O3/c10-7-8-6(9-12-7)5-3-1-2-4-11-5/h5H,1-4H2,(H,8,9,10). The Kier molecular flexibility index (Phi) is 1.95. The number of aromatic nitrogens is 2. The van der Waals surface area contributed by atoms with Gasteiger partial charge in [0.05, 0.1) is 0 Å². The van der Waals surface area contributed by atoms with Crippen molar-refractivity contribution in [1.82, 2.24) is 10.1 Å². The summed E-state index contributed by atoms with van der Waals surface area (Å²) in [5.74, 6) is -0.00104. The van der Waals surface area contributed by atoms with Crippen molar-refractivity contribution >= 4 is 0 Å². The largest absolute Gasteiger partial charge is 0.438 e. The zero-order valence-electron chi connectivity index (χ0n) is 6.58. The van der Waals surface area contributed by atoms with Crippen LogP contribution < -0.4 is 5.76 Å². The molecule has 66 valence electrons. The minimum atomic E-state index is -0.515. The molecule has 1 saturated heterocycles. The highest BCUT2D eigenvalue weighted by Crippen LogP contribution is 2.24. The van der Waals surface area contributed by atoms with Gasteiger partial charge in [-0.3, -0.25) is 9.51 Å². The first kappa shape index (κ1) is 7.54. The number of H-pyrrole nitrogens is 1. The van der Waals surface area contributed by atoms with Gasteiger partial charge in [-0.1, -0.05) is 5.16 Å². The smallest absolute Gasteiger partial charge is 0.370 e. The predicted octanol–water partition coefficient (Wildman–Crippen LogP) is 0.604. The van der Waals surface area contributed by atoms with Crippen molar-refractivity contribution in [2.45, 2.75) is 25.4 Å². The number of nitrogens with one attached hydrogen (secondary N) is 1. The van der Waals surface area contributed by atoms with Crippen molar-refractivity contribution in [3.05, 3.63) is 16.4 Å². The molecule has 1 aromatic rings. The van der Waals surface area contributed by atoms with Crippen molar-refractivity contribution in [3.63, 3.8) is 0 Å². The number of nitrogens with zero attached hydrogens (tertiary/aromatic N) is 1. The second-order valence-corrected chi connectivity index (χ2v) is 2.84. The van der Waals surface area contributed by atoms with Gasteiger partial charge >= 0.3 is 5.76 Å². The van der Waals surface area contributed by atoms with Crippen LogP contribution >= 0.6 is 0 Å². The molecule has 12 heavy (non-hydrogen) atoms. The molecule has 5 heteroatoms. The molecule has 1 aliphatic rings. The van der Waals surface area contributed by atoms with Crippen LogP contribution in [-0.4, -0.2) is 16.7 Å². The normalized spacial score (nSPS) is 24.2. The van der Waals surface area contributed by atoms with Gasteiger partial charge in [-0.15, -0.1) is 0 Å². The van der Waals surface area contributed by atoms with E-state index in [9.17, 15) is 4.79 Å². The summed E-state index contributed by atoms with van der Waals surface area (Å²) in [6.07, 6.45) is 3.02. The molecule has 5 nitrogen and oxygen atoms in total. The van der Waals surface area contributed by atoms with Gasteiger partial charge in [-0.2, -0.15) is 0 Å². The quantitative estimate of drug-likeness (QED) is 0.670. The maximum Gasteiger partial charge on any atom is 0.438 e. The van der Waals surface area contributed by atoms with E-state index in [1.807, 2.05) is 0 Å². The topological polar surface area (TPSA) is 68.1 Å². The lowest BCUT2D eigenvalue weighted by Crippen LogP contribution is -2.13. The van der Waals surface area contributed by atoms with E-state index in [-0.39, 0.29) is 6.10 Å². The molecule has 0 bridgehead atoms. The summed E-state index contributed by atoms with van der Waals surface area (Å²) in [6.45, 7) is 0.736. The van der Waals surface area contributed by atoms with Crippen LogP contribution in [0.1, 0.15) is 31.2 Å². The van der Waals surface area contributed by atoms with Crippen LogP contribution in [0.2, 0.25) is 0 Å². The maximum absolute atomic E-state index is 10.6. The van der Waals surface area contributed by atoms with Gasteiger partial charge in [0.25, 0.3) is 0 Å². The Morgan fingerprint density at radius 2 is 2.42 bits per heavy atom. The van der Waals surface area contributed by atoms with E-state index < -0.39 is 5.76 Å². The Labute approximate surface area is 68.7 Å². The van der Waals surface area contributed by atoms with Gasteiger partial charge < -0.3 is 4.74 Å². The van der Waals surface area contributed by atoms with E-state index in [4.69, 9.17) is 4.74 Å². The molecule has 0 amide bonds. The van der Waals surface area contributed by atoms with Crippen LogP contribution in [0.4, 0.5) is 0 Å². The van der Waals surface area contributed by atoms with Crippen molar-refractivity contribution in [3.8, 4) is 0 Å². The first-order valence-electron chi connectivity index (χ1n) is 4.04. The van der Waals surface area contributed by atoms with Gasteiger partial charge in [0.2, 0.25) is 0 Å². The monoisotopic (exact) mass is 170 g/mol. The summed E-state index contributed by atoms with van der Waals surface area (Å²) < 4.78 is 9.76. The van der Waals surface area contributed by atoms with Gasteiger partial charge in [-0.25, -0.2) is 4.79 Å². The molecule has 0 spiro atoms. The lowest BCUT2D eigenvalue weighted by molar-refractivity contribution is 0.00821. The zero-order chi connectivity index (χ0) is 8.39. The van der Waals surface area contributed by atoms with Crippen LogP contribution in [0.15, 0.2) is 9.32 Å². The third-order valence-electron chi connectivity index (χ3n) is 1.94. The molecule has 1 aromatic heterocycles. The molecule has 0 saturated carbocycles. The van der Waals surface area contributed by atoms with Crippen molar-refractivity contribution < 1.29 is 9.26 Å². The van der Waals surface area contributed by atoms with E-state index in [1.165, 1.54) is 0 Å². The highest BCUT2D eigenvalue weighted by molar-refractivity contribution is 4.87. The Bertz CT molecular complexity index is 298. The highest BCUT2D eigenvalue weighted by Gasteiger charge is 2.19. The molecular formula is C7H10N2O3. The van der Waals surface area contributed by atoms with Crippen molar-refractivity contribution in [1.29, 1.82) is 0 Å². The van der Waals surface area contributed by atoms with Crippen LogP contribution in [-0.2, 0) is 4.74 Å². The van der Waals surface area contributed by atoms with Crippen LogP contribution in [0.5, 0.6) is 0 Å². The Hall–Kier alpha value is -1.10. The average Bonchev–Trinajstić information content (AvgIpc) is 2.54. The molecule has 1 N–H and O–H groups in total. The van der Waals surface area contributed by atoms with E-state index in [2.05, 4.69) is 14.7 Å². The minimum absolute atomic E-state index is 0.0785. The van der Waals surface area contributed by atoms with Gasteiger partial charge in [0.15, 0.2) is 5.82 Å². The summed E-state index contributed by atoms with van der Waals surface area (Å²) >= 11 is 0. The molecule has 1 atom stereocenters. The van der Waals surface area contributed by atoms with E-state index in [1.54, 1.807) is 0 Å². The summed E-state index contributed by atoms with van der Waals surface area (Å²) in [4.78, 5) is 13.1. The number of hydrogen-bond donors (Lipinski definition) is 1. The summed E-state index contributed by atoms with van der Waals surface area (Å²) in [5, 5.41) is 3.57. The van der Waals surface area contributed by atoms with Crippen LogP contribution in [0.3, 0.4) is 0 Å². The van der Waals surface area contributed by atoms with Gasteiger partial charge in [0, 0.05) is 6.61 Å². The third kappa shape index (κ3) is 1.40. The SMILES string of the molecule is O=c1[nH]c(C2CCCCO2)no1. The Morgan fingerprint density at radius 3 is 3.00 bits per heavy atom. The number of hydrogen-bond acceptors (Lipinski definition) is 4. The predicted molar refractivity (Wildman–Crippen MR) is 39.7 cm³/mol. The van der Waals surface area contributed by atoms with Crippen LogP contribution in [0.25, 0.3) is 0 Å². The Balaban J connectivity index is 2.13. The minimum Gasteiger partial charge on any atom is -0.370 e. The van der Waals surface area contributed by atoms with Gasteiger partial charge in [-0.05, 0) is 19.3 Å². The lowest BCUT2D eigenvalue weighted by atomic mass is 10.1. The van der Waals surface area contributed by atoms with E-state index in [0.717, 1.165) is 25.9 Å². The fraction of sp³-hybridized carbons (Fsp3) is 0.714. The number of ether oxygens (including phenoxy) is 1. The first-order valence-corrected chi connectivity index (χ1v) is 4.04. The maximum atomic E-state index is 10.6. The number of aromatic amines is 1. The molecular weight excluding hydrogens is 160 g/mol. The molecule has 2 rings (SSSR count). The highest BCUT2D eigenvalue weighted by atomic mass is 16.5. The molecule has 1 unspecified atom stereocenters. The van der Waals surface area contributed by atoms with Gasteiger partial charge in [0.1, 0.15) is 6.10 Å². The molecule has 0 aromatic carbocycles. The zero-order valence-corrected chi connectivity index (χ0v) is 6.58. The number of rotatable bonds is 1. The summed E-state index contributed by atoms with van der Waals surface area (Å²) in [5.41, 5.74) is 0. The van der Waals surface area contributed by atoms with E-state index in [0.29, 0.717) is 5.82 Å². The molecule has 1 aliphatic heterocycles. The first-order chi connectivity index (χ1) is 5.86. The van der Waals surface area contributed by atoms with E-state index >= 15 is 0 Å².